The molecule has 0 unspecified atom stereocenters. The average molecular weight is 251 g/mol. The summed E-state index contributed by atoms with van der Waals surface area (Å²) in [4.78, 5) is 0. The van der Waals surface area contributed by atoms with Gasteiger partial charge in [-0.3, -0.25) is 0 Å². The highest BCUT2D eigenvalue weighted by atomic mass is 32.1. The number of fused-ring (bicyclic) bond motifs is 1. The number of thiophene rings is 1. The minimum absolute atomic E-state index is 0.243. The first kappa shape index (κ1) is 15.6. The van der Waals surface area contributed by atoms with Crippen LogP contribution in [0.2, 0.25) is 0 Å². The first-order valence-corrected chi connectivity index (χ1v) is 6.68. The van der Waals surface area contributed by atoms with Crippen molar-refractivity contribution < 1.29 is 4.39 Å². The van der Waals surface area contributed by atoms with Crippen LogP contribution in [0, 0.1) is 24.1 Å². The third kappa shape index (κ3) is 3.28. The summed E-state index contributed by atoms with van der Waals surface area (Å²) in [6, 6.07) is 4.92. The van der Waals surface area contributed by atoms with Crippen LogP contribution in [0.3, 0.4) is 0 Å². The highest BCUT2D eigenvalue weighted by molar-refractivity contribution is 7.17. The summed E-state index contributed by atoms with van der Waals surface area (Å²) in [5.41, 5.74) is 1.45. The van der Waals surface area contributed by atoms with Gasteiger partial charge in [-0.05, 0) is 30.0 Å². The van der Waals surface area contributed by atoms with E-state index in [4.69, 9.17) is 5.26 Å². The maximum atomic E-state index is 13.3. The lowest BCUT2D eigenvalue weighted by molar-refractivity contribution is 0.639. The molecule has 1 heterocycles. The number of rotatable bonds is 0. The molecule has 0 spiro atoms. The van der Waals surface area contributed by atoms with Crippen LogP contribution in [0.25, 0.3) is 10.1 Å². The van der Waals surface area contributed by atoms with Gasteiger partial charge in [-0.15, -0.1) is 11.3 Å². The smallest absolute Gasteiger partial charge is 0.132 e. The van der Waals surface area contributed by atoms with Crippen molar-refractivity contribution in [2.24, 2.45) is 0 Å². The van der Waals surface area contributed by atoms with Crippen molar-refractivity contribution in [1.82, 2.24) is 0 Å². The van der Waals surface area contributed by atoms with Gasteiger partial charge in [-0.1, -0.05) is 27.7 Å². The monoisotopic (exact) mass is 251 g/mol. The largest absolute Gasteiger partial charge is 0.206 e. The Labute approximate surface area is 107 Å². The number of benzene rings is 1. The van der Waals surface area contributed by atoms with Crippen molar-refractivity contribution in [3.05, 3.63) is 34.5 Å². The predicted molar refractivity (Wildman–Crippen MR) is 73.9 cm³/mol. The molecule has 0 bridgehead atoms. The summed E-state index contributed by atoms with van der Waals surface area (Å²) in [7, 11) is 0. The zero-order valence-corrected chi connectivity index (χ0v) is 11.8. The Morgan fingerprint density at radius 2 is 1.76 bits per heavy atom. The van der Waals surface area contributed by atoms with Gasteiger partial charge in [0.05, 0.1) is 10.3 Å². The Balaban J connectivity index is 0.000000581. The van der Waals surface area contributed by atoms with E-state index in [2.05, 4.69) is 6.07 Å². The van der Waals surface area contributed by atoms with Crippen LogP contribution in [0.15, 0.2) is 17.5 Å². The third-order valence-corrected chi connectivity index (χ3v) is 3.11. The molecule has 1 aromatic heterocycles. The van der Waals surface area contributed by atoms with E-state index in [1.807, 2.05) is 40.0 Å². The molecule has 0 amide bonds. The molecule has 1 aromatic carbocycles. The molecular weight excluding hydrogens is 233 g/mol. The van der Waals surface area contributed by atoms with E-state index in [0.717, 1.165) is 10.3 Å². The molecule has 0 fully saturated rings. The van der Waals surface area contributed by atoms with Crippen molar-refractivity contribution in [2.45, 2.75) is 34.6 Å². The molecule has 92 valence electrons. The highest BCUT2D eigenvalue weighted by Crippen LogP contribution is 2.30. The van der Waals surface area contributed by atoms with Crippen LogP contribution >= 0.6 is 11.3 Å². The number of hydrogen-bond acceptors (Lipinski definition) is 2. The van der Waals surface area contributed by atoms with Gasteiger partial charge in [0.2, 0.25) is 0 Å². The number of nitrogens with zero attached hydrogens (tertiary/aromatic N) is 1. The molecule has 3 heteroatoms. The quantitative estimate of drug-likeness (QED) is 0.625. The number of nitriles is 1. The number of aryl methyl sites for hydroxylation is 1. The molecule has 0 N–H and O–H groups in total. The molecule has 0 saturated heterocycles. The number of hydrogen-bond donors (Lipinski definition) is 0. The van der Waals surface area contributed by atoms with Gasteiger partial charge in [0.1, 0.15) is 11.9 Å². The van der Waals surface area contributed by atoms with E-state index < -0.39 is 0 Å². The zero-order valence-electron chi connectivity index (χ0n) is 11.0. The van der Waals surface area contributed by atoms with Crippen molar-refractivity contribution in [3.8, 4) is 6.07 Å². The van der Waals surface area contributed by atoms with E-state index >= 15 is 0 Å². The molecule has 2 aromatic rings. The predicted octanol–water partition coefficient (Wildman–Crippen LogP) is 5.27. The second kappa shape index (κ2) is 7.81. The second-order valence-electron chi connectivity index (χ2n) is 2.83. The lowest BCUT2D eigenvalue weighted by atomic mass is 10.1. The fourth-order valence-corrected chi connectivity index (χ4v) is 2.37. The minimum atomic E-state index is -0.243. The summed E-state index contributed by atoms with van der Waals surface area (Å²) in [5.74, 6) is -0.243. The standard InChI is InChI=1S/C10H6FNS.2C2H6/c1-6-5-13-10-7(4-12)2-3-8(11)9(6)10;2*1-2/h2-3,5H,1H3;2*1-2H3. The van der Waals surface area contributed by atoms with Crippen LogP contribution in [0.1, 0.15) is 38.8 Å². The van der Waals surface area contributed by atoms with Crippen molar-refractivity contribution in [1.29, 1.82) is 5.26 Å². The molecule has 17 heavy (non-hydrogen) atoms. The topological polar surface area (TPSA) is 23.8 Å². The Bertz CT molecular complexity index is 509. The normalized spacial score (nSPS) is 8.53. The Morgan fingerprint density at radius 3 is 2.29 bits per heavy atom. The van der Waals surface area contributed by atoms with Gasteiger partial charge < -0.3 is 0 Å². The van der Waals surface area contributed by atoms with Crippen LogP contribution in [-0.4, -0.2) is 0 Å². The SMILES string of the molecule is CC.CC.Cc1csc2c(C#N)ccc(F)c12. The Kier molecular flexibility index (Phi) is 7.16. The fraction of sp³-hybridized carbons (Fsp3) is 0.357. The van der Waals surface area contributed by atoms with Crippen LogP contribution in [-0.2, 0) is 0 Å². The van der Waals surface area contributed by atoms with Gasteiger partial charge in [-0.2, -0.15) is 5.26 Å². The first-order valence-electron chi connectivity index (χ1n) is 5.80. The molecule has 0 saturated carbocycles. The average Bonchev–Trinajstić information content (AvgIpc) is 2.78. The van der Waals surface area contributed by atoms with E-state index in [1.165, 1.54) is 23.5 Å². The highest BCUT2D eigenvalue weighted by Gasteiger charge is 2.09. The molecule has 0 aliphatic carbocycles. The maximum Gasteiger partial charge on any atom is 0.132 e. The zero-order chi connectivity index (χ0) is 13.4. The molecule has 0 atom stereocenters. The summed E-state index contributed by atoms with van der Waals surface area (Å²) in [6.45, 7) is 9.85. The lowest BCUT2D eigenvalue weighted by Gasteiger charge is -1.95. The summed E-state index contributed by atoms with van der Waals surface area (Å²) >= 11 is 1.42. The lowest BCUT2D eigenvalue weighted by Crippen LogP contribution is -1.80. The Morgan fingerprint density at radius 1 is 1.18 bits per heavy atom. The van der Waals surface area contributed by atoms with Gasteiger partial charge in [0.15, 0.2) is 0 Å². The molecule has 2 rings (SSSR count). The fourth-order valence-electron chi connectivity index (χ4n) is 1.34. The molecule has 0 aliphatic heterocycles. The van der Waals surface area contributed by atoms with Gasteiger partial charge in [0.25, 0.3) is 0 Å². The summed E-state index contributed by atoms with van der Waals surface area (Å²) in [5, 5.41) is 11.2. The summed E-state index contributed by atoms with van der Waals surface area (Å²) < 4.78 is 14.0. The van der Waals surface area contributed by atoms with E-state index in [0.29, 0.717) is 10.9 Å². The van der Waals surface area contributed by atoms with Crippen LogP contribution in [0.5, 0.6) is 0 Å². The van der Waals surface area contributed by atoms with E-state index in [9.17, 15) is 4.39 Å². The van der Waals surface area contributed by atoms with E-state index in [-0.39, 0.29) is 5.82 Å². The maximum absolute atomic E-state index is 13.3. The van der Waals surface area contributed by atoms with Crippen molar-refractivity contribution in [3.63, 3.8) is 0 Å². The molecular formula is C14H18FNS. The summed E-state index contributed by atoms with van der Waals surface area (Å²) in [6.07, 6.45) is 0. The number of halogens is 1. The first-order chi connectivity index (χ1) is 8.24. The van der Waals surface area contributed by atoms with Gasteiger partial charge >= 0.3 is 0 Å². The molecule has 0 radical (unpaired) electrons. The second-order valence-corrected chi connectivity index (χ2v) is 3.71. The molecule has 1 nitrogen and oxygen atoms in total. The van der Waals surface area contributed by atoms with E-state index in [1.54, 1.807) is 0 Å². The van der Waals surface area contributed by atoms with Crippen LogP contribution in [0.4, 0.5) is 4.39 Å². The Hall–Kier alpha value is -1.40. The minimum Gasteiger partial charge on any atom is -0.206 e. The van der Waals surface area contributed by atoms with Crippen molar-refractivity contribution in [2.75, 3.05) is 0 Å². The van der Waals surface area contributed by atoms with Gasteiger partial charge in [-0.25, -0.2) is 4.39 Å². The van der Waals surface area contributed by atoms with Crippen molar-refractivity contribution >= 4 is 21.4 Å². The third-order valence-electron chi connectivity index (χ3n) is 1.98. The van der Waals surface area contributed by atoms with Crippen LogP contribution < -0.4 is 0 Å². The molecule has 0 aliphatic rings. The van der Waals surface area contributed by atoms with Gasteiger partial charge in [0, 0.05) is 5.39 Å².